The van der Waals surface area contributed by atoms with Crippen molar-refractivity contribution in [1.82, 2.24) is 0 Å². The molecule has 0 atom stereocenters. The third-order valence-electron chi connectivity index (χ3n) is 11.4. The van der Waals surface area contributed by atoms with Crippen LogP contribution in [-0.2, 0) is 0 Å². The summed E-state index contributed by atoms with van der Waals surface area (Å²) >= 11 is 5.41. The quantitative estimate of drug-likeness (QED) is 0.0823. The molecule has 9 rings (SSSR count). The van der Waals surface area contributed by atoms with Crippen LogP contribution in [0.15, 0.2) is 140 Å². The molecular weight excluding hydrogens is 845 g/mol. The van der Waals surface area contributed by atoms with Crippen LogP contribution in [0.3, 0.4) is 0 Å². The first-order chi connectivity index (χ1) is 30.8. The van der Waals surface area contributed by atoms with Crippen LogP contribution in [0.5, 0.6) is 11.5 Å². The van der Waals surface area contributed by atoms with Gasteiger partial charge in [-0.05, 0) is 181 Å². The van der Waals surface area contributed by atoms with Crippen LogP contribution in [0, 0.1) is 20.8 Å². The number of benzene rings is 6. The van der Waals surface area contributed by atoms with Gasteiger partial charge in [-0.15, -0.1) is 40.6 Å². The van der Waals surface area contributed by atoms with Gasteiger partial charge in [-0.25, -0.2) is 0 Å². The highest BCUT2D eigenvalue weighted by molar-refractivity contribution is 7.24. The highest BCUT2D eigenvalue weighted by atomic mass is 32.1. The lowest BCUT2D eigenvalue weighted by Crippen LogP contribution is -1.93. The first kappa shape index (κ1) is 45.6. The van der Waals surface area contributed by atoms with Crippen LogP contribution >= 0.6 is 34.0 Å². The number of carbonyl (C=O) groups excluding carboxylic acids is 2. The van der Waals surface area contributed by atoms with Crippen molar-refractivity contribution >= 4 is 87.5 Å². The van der Waals surface area contributed by atoms with Crippen molar-refractivity contribution in [2.45, 2.75) is 48.5 Å². The van der Waals surface area contributed by atoms with E-state index >= 15 is 0 Å². The Morgan fingerprint density at radius 2 is 0.906 bits per heavy atom. The SMILES string of the molecule is C=CC.CC(=O)c1ccc(-c2cc3cc4sc(-c5ccc(C(C)=O)cc5)cc4cc3s2)cc1.COc1ccc(/C(C)=C/c2c(C)c(C)c3cc(-c4ccc(OC)cc4)sc3c2C)cc1. The van der Waals surface area contributed by atoms with Gasteiger partial charge in [0, 0.05) is 39.9 Å². The van der Waals surface area contributed by atoms with Gasteiger partial charge in [0.25, 0.3) is 0 Å². The van der Waals surface area contributed by atoms with E-state index in [1.54, 1.807) is 56.8 Å². The van der Waals surface area contributed by atoms with Crippen molar-refractivity contribution in [3.8, 4) is 42.8 Å². The molecule has 0 aliphatic rings. The van der Waals surface area contributed by atoms with E-state index in [0.717, 1.165) is 33.8 Å². The number of rotatable bonds is 9. The molecule has 0 aliphatic carbocycles. The van der Waals surface area contributed by atoms with Crippen molar-refractivity contribution < 1.29 is 19.1 Å². The van der Waals surface area contributed by atoms with Crippen molar-refractivity contribution in [2.75, 3.05) is 14.2 Å². The van der Waals surface area contributed by atoms with Crippen LogP contribution in [0.4, 0.5) is 0 Å². The Kier molecular flexibility index (Phi) is 14.3. The van der Waals surface area contributed by atoms with Gasteiger partial charge in [0.15, 0.2) is 11.6 Å². The first-order valence-corrected chi connectivity index (χ1v) is 23.5. The Labute approximate surface area is 388 Å². The van der Waals surface area contributed by atoms with E-state index in [4.69, 9.17) is 9.47 Å². The molecule has 0 saturated carbocycles. The number of ketones is 2. The Morgan fingerprint density at radius 1 is 0.516 bits per heavy atom. The molecule has 3 aromatic heterocycles. The highest BCUT2D eigenvalue weighted by Crippen LogP contribution is 2.42. The predicted molar refractivity (Wildman–Crippen MR) is 279 cm³/mol. The van der Waals surface area contributed by atoms with Crippen LogP contribution in [0.2, 0.25) is 0 Å². The number of methoxy groups -OCH3 is 2. The summed E-state index contributed by atoms with van der Waals surface area (Å²) in [5.74, 6) is 1.94. The second-order valence-corrected chi connectivity index (χ2v) is 19.0. The fraction of sp³-hybridized carbons (Fsp3) is 0.158. The first-order valence-electron chi connectivity index (χ1n) is 21.1. The minimum Gasteiger partial charge on any atom is -0.497 e. The third kappa shape index (κ3) is 9.88. The summed E-state index contributed by atoms with van der Waals surface area (Å²) in [7, 11) is 3.40. The predicted octanol–water partition coefficient (Wildman–Crippen LogP) is 17.1. The molecule has 0 fully saturated rings. The Balaban J connectivity index is 0.000000181. The fourth-order valence-electron chi connectivity index (χ4n) is 7.62. The molecule has 64 heavy (non-hydrogen) atoms. The van der Waals surface area contributed by atoms with Crippen molar-refractivity contribution in [1.29, 1.82) is 0 Å². The lowest BCUT2D eigenvalue weighted by atomic mass is 9.92. The Bertz CT molecular complexity index is 3000. The molecule has 6 aromatic carbocycles. The molecule has 322 valence electrons. The zero-order chi connectivity index (χ0) is 45.7. The van der Waals surface area contributed by atoms with Gasteiger partial charge < -0.3 is 9.47 Å². The van der Waals surface area contributed by atoms with E-state index in [2.05, 4.69) is 94.9 Å². The van der Waals surface area contributed by atoms with Crippen LogP contribution < -0.4 is 9.47 Å². The van der Waals surface area contributed by atoms with E-state index in [9.17, 15) is 9.59 Å². The normalized spacial score (nSPS) is 11.2. The maximum atomic E-state index is 11.5. The molecule has 0 aliphatic heterocycles. The number of allylic oxidation sites excluding steroid dienone is 2. The van der Waals surface area contributed by atoms with E-state index in [-0.39, 0.29) is 11.6 Å². The number of Topliss-reactive ketones (excluding diaryl/α,β-unsaturated/α-hetero) is 2. The van der Waals surface area contributed by atoms with Crippen molar-refractivity contribution in [3.05, 3.63) is 179 Å². The molecule has 9 aromatic rings. The van der Waals surface area contributed by atoms with E-state index in [1.807, 2.05) is 91.1 Å². The second-order valence-electron chi connectivity index (χ2n) is 15.8. The number of hydrogen-bond acceptors (Lipinski definition) is 7. The Morgan fingerprint density at radius 3 is 1.33 bits per heavy atom. The summed E-state index contributed by atoms with van der Waals surface area (Å²) in [6.07, 6.45) is 4.08. The van der Waals surface area contributed by atoms with Crippen LogP contribution in [-0.4, -0.2) is 25.8 Å². The monoisotopic (exact) mass is 896 g/mol. The second kappa shape index (κ2) is 20.0. The minimum absolute atomic E-state index is 0.0878. The van der Waals surface area contributed by atoms with Crippen molar-refractivity contribution in [3.63, 3.8) is 0 Å². The van der Waals surface area contributed by atoms with E-state index in [0.29, 0.717) is 0 Å². The summed E-state index contributed by atoms with van der Waals surface area (Å²) in [6, 6.07) is 43.5. The number of thiophene rings is 3. The van der Waals surface area contributed by atoms with Gasteiger partial charge in [0.2, 0.25) is 0 Å². The molecule has 4 nitrogen and oxygen atoms in total. The average molecular weight is 897 g/mol. The van der Waals surface area contributed by atoms with Crippen LogP contribution in [0.1, 0.15) is 76.2 Å². The zero-order valence-electron chi connectivity index (χ0n) is 37.8. The largest absolute Gasteiger partial charge is 0.497 e. The zero-order valence-corrected chi connectivity index (χ0v) is 40.3. The van der Waals surface area contributed by atoms with Crippen LogP contribution in [0.25, 0.3) is 73.2 Å². The smallest absolute Gasteiger partial charge is 0.159 e. The average Bonchev–Trinajstić information content (AvgIpc) is 4.07. The Hall–Kier alpha value is -6.38. The summed E-state index contributed by atoms with van der Waals surface area (Å²) < 4.78 is 14.5. The van der Waals surface area contributed by atoms with Gasteiger partial charge in [-0.1, -0.05) is 72.8 Å². The molecule has 0 amide bonds. The number of aryl methyl sites for hydroxylation is 2. The minimum atomic E-state index is 0.0878. The van der Waals surface area contributed by atoms with Gasteiger partial charge in [-0.2, -0.15) is 0 Å². The van der Waals surface area contributed by atoms with Gasteiger partial charge in [-0.3, -0.25) is 9.59 Å². The molecule has 0 N–H and O–H groups in total. The standard InChI is InChI=1S/C28H28O2S.C26H18O2S2.C3H6/c1-17(21-7-11-23(29-5)12-8-21)15-25-18(2)19(3)26-16-27(31-28(26)20(25)4)22-9-13-24(30-6)14-10-22;1-15(27)17-3-7-19(8-4-17)23-11-21-13-26-22(14-25(21)29-23)12-24(30-26)20-9-5-18(6-10-20)16(2)28;1-3-2/h7-16H,1-6H3;3-14H,1-2H3;3H,1H2,2H3/b17-15+;;. The number of hydrogen-bond donors (Lipinski definition) is 0. The highest BCUT2D eigenvalue weighted by Gasteiger charge is 2.16. The van der Waals surface area contributed by atoms with Gasteiger partial charge >= 0.3 is 0 Å². The molecule has 0 unspecified atom stereocenters. The molecule has 7 heteroatoms. The lowest BCUT2D eigenvalue weighted by Gasteiger charge is -2.13. The maximum absolute atomic E-state index is 11.5. The summed E-state index contributed by atoms with van der Waals surface area (Å²) in [6.45, 7) is 17.3. The molecule has 0 saturated heterocycles. The molecule has 0 spiro atoms. The van der Waals surface area contributed by atoms with Crippen molar-refractivity contribution in [2.24, 2.45) is 0 Å². The molecule has 0 bridgehead atoms. The molecular formula is C57H52O4S3. The topological polar surface area (TPSA) is 52.6 Å². The molecule has 3 heterocycles. The lowest BCUT2D eigenvalue weighted by molar-refractivity contribution is 0.100. The summed E-state index contributed by atoms with van der Waals surface area (Å²) in [4.78, 5) is 26.7. The number of ether oxygens (including phenoxy) is 2. The van der Waals surface area contributed by atoms with E-state index < -0.39 is 0 Å². The van der Waals surface area contributed by atoms with Gasteiger partial charge in [0.05, 0.1) is 14.2 Å². The summed E-state index contributed by atoms with van der Waals surface area (Å²) in [5, 5.41) is 3.82. The third-order valence-corrected chi connectivity index (χ3v) is 15.0. The van der Waals surface area contributed by atoms with Gasteiger partial charge in [0.1, 0.15) is 11.5 Å². The fourth-order valence-corrected chi connectivity index (χ4v) is 11.1. The van der Waals surface area contributed by atoms with E-state index in [1.165, 1.54) is 83.8 Å². The maximum Gasteiger partial charge on any atom is 0.159 e. The summed E-state index contributed by atoms with van der Waals surface area (Å²) in [5.41, 5.74) is 12.8. The number of fused-ring (bicyclic) bond motifs is 3. The molecule has 0 radical (unpaired) electrons. The number of carbonyl (C=O) groups is 2.